The van der Waals surface area contributed by atoms with Gasteiger partial charge in [0.1, 0.15) is 0 Å². The van der Waals surface area contributed by atoms with Crippen molar-refractivity contribution in [1.82, 2.24) is 0 Å². The summed E-state index contributed by atoms with van der Waals surface area (Å²) >= 11 is 0. The summed E-state index contributed by atoms with van der Waals surface area (Å²) in [6, 6.07) is 8.15. The smallest absolute Gasteiger partial charge is 0.338 e. The Balaban J connectivity index is 1.85. The molecule has 0 unspecified atom stereocenters. The Morgan fingerprint density at radius 1 is 1.15 bits per heavy atom. The van der Waals surface area contributed by atoms with Crippen LogP contribution in [0, 0.1) is 11.8 Å². The predicted molar refractivity (Wildman–Crippen MR) is 82.0 cm³/mol. The van der Waals surface area contributed by atoms with Gasteiger partial charge in [0.05, 0.1) is 11.7 Å². The molecule has 0 saturated heterocycles. The Morgan fingerprint density at radius 3 is 2.25 bits per heavy atom. The van der Waals surface area contributed by atoms with Crippen molar-refractivity contribution >= 4 is 11.7 Å². The van der Waals surface area contributed by atoms with Crippen LogP contribution in [0.25, 0.3) is 0 Å². The summed E-state index contributed by atoms with van der Waals surface area (Å²) in [5.41, 5.74) is 1.69. The van der Waals surface area contributed by atoms with Gasteiger partial charge in [0.15, 0.2) is 0 Å². The second-order valence-electron chi connectivity index (χ2n) is 6.35. The van der Waals surface area contributed by atoms with Gasteiger partial charge in [-0.25, -0.2) is 4.79 Å². The van der Waals surface area contributed by atoms with Crippen LogP contribution in [0.1, 0.15) is 50.9 Å². The number of carbonyl (C=O) groups is 1. The molecule has 0 amide bonds. The van der Waals surface area contributed by atoms with Crippen LogP contribution < -0.4 is 5.32 Å². The van der Waals surface area contributed by atoms with Gasteiger partial charge in [0, 0.05) is 11.7 Å². The van der Waals surface area contributed by atoms with E-state index in [0.29, 0.717) is 11.6 Å². The molecule has 0 aromatic heterocycles. The zero-order valence-electron chi connectivity index (χ0n) is 12.8. The van der Waals surface area contributed by atoms with Crippen molar-refractivity contribution < 1.29 is 9.53 Å². The largest absolute Gasteiger partial charge is 0.459 e. The topological polar surface area (TPSA) is 38.3 Å². The lowest BCUT2D eigenvalue weighted by Gasteiger charge is -2.39. The van der Waals surface area contributed by atoms with Crippen molar-refractivity contribution in [2.75, 3.05) is 5.32 Å². The van der Waals surface area contributed by atoms with E-state index in [1.165, 1.54) is 12.8 Å². The van der Waals surface area contributed by atoms with Crippen molar-refractivity contribution in [3.63, 3.8) is 0 Å². The Bertz CT molecular complexity index is 445. The summed E-state index contributed by atoms with van der Waals surface area (Å²) in [5.74, 6) is 1.38. The minimum absolute atomic E-state index is 0.0803. The van der Waals surface area contributed by atoms with E-state index < -0.39 is 0 Å². The summed E-state index contributed by atoms with van der Waals surface area (Å²) in [6.45, 7) is 8.29. The molecule has 1 aromatic carbocycles. The van der Waals surface area contributed by atoms with Gasteiger partial charge in [0.25, 0.3) is 0 Å². The van der Waals surface area contributed by atoms with Gasteiger partial charge in [0.2, 0.25) is 0 Å². The summed E-state index contributed by atoms with van der Waals surface area (Å²) in [7, 11) is 0. The summed E-state index contributed by atoms with van der Waals surface area (Å²) in [5, 5.41) is 3.52. The molecule has 1 aliphatic rings. The first-order valence-electron chi connectivity index (χ1n) is 7.53. The van der Waals surface area contributed by atoms with Crippen molar-refractivity contribution in [1.29, 1.82) is 0 Å². The van der Waals surface area contributed by atoms with Crippen LogP contribution in [0.15, 0.2) is 24.3 Å². The Kier molecular flexibility index (Phi) is 4.69. The van der Waals surface area contributed by atoms with E-state index in [-0.39, 0.29) is 12.1 Å². The maximum atomic E-state index is 11.7. The molecule has 1 fully saturated rings. The van der Waals surface area contributed by atoms with Crippen molar-refractivity contribution in [3.05, 3.63) is 29.8 Å². The average Bonchev–Trinajstić information content (AvgIpc) is 2.32. The third-order valence-electron chi connectivity index (χ3n) is 3.95. The van der Waals surface area contributed by atoms with Gasteiger partial charge in [-0.05, 0) is 62.8 Å². The molecule has 3 heteroatoms. The third kappa shape index (κ3) is 3.75. The summed E-state index contributed by atoms with van der Waals surface area (Å²) in [6.07, 6.45) is 2.41. The lowest BCUT2D eigenvalue weighted by Crippen LogP contribution is -2.37. The first-order valence-corrected chi connectivity index (χ1v) is 7.53. The molecule has 1 saturated carbocycles. The third-order valence-corrected chi connectivity index (χ3v) is 3.95. The number of nitrogens with one attached hydrogen (secondary N) is 1. The molecule has 1 aromatic rings. The Labute approximate surface area is 121 Å². The second-order valence-corrected chi connectivity index (χ2v) is 6.35. The number of benzene rings is 1. The van der Waals surface area contributed by atoms with Crippen molar-refractivity contribution in [2.24, 2.45) is 11.8 Å². The number of anilines is 1. The van der Waals surface area contributed by atoms with Gasteiger partial charge in [-0.2, -0.15) is 0 Å². The van der Waals surface area contributed by atoms with Crippen molar-refractivity contribution in [3.8, 4) is 0 Å². The zero-order chi connectivity index (χ0) is 14.7. The Hall–Kier alpha value is -1.51. The van der Waals surface area contributed by atoms with E-state index in [1.807, 2.05) is 38.1 Å². The number of hydrogen-bond donors (Lipinski definition) is 1. The molecule has 110 valence electrons. The number of hydrogen-bond acceptors (Lipinski definition) is 3. The molecule has 0 aliphatic heterocycles. The quantitative estimate of drug-likeness (QED) is 0.822. The lowest BCUT2D eigenvalue weighted by molar-refractivity contribution is 0.0378. The van der Waals surface area contributed by atoms with Crippen molar-refractivity contribution in [2.45, 2.75) is 52.7 Å². The van der Waals surface area contributed by atoms with E-state index in [0.717, 1.165) is 17.5 Å². The maximum Gasteiger partial charge on any atom is 0.338 e. The highest BCUT2D eigenvalue weighted by Crippen LogP contribution is 2.35. The van der Waals surface area contributed by atoms with E-state index >= 15 is 0 Å². The van der Waals surface area contributed by atoms with Gasteiger partial charge in [-0.3, -0.25) is 0 Å². The molecule has 0 radical (unpaired) electrons. The highest BCUT2D eigenvalue weighted by atomic mass is 16.5. The molecule has 0 atom stereocenters. The van der Waals surface area contributed by atoms with Crippen LogP contribution in [0.5, 0.6) is 0 Å². The van der Waals surface area contributed by atoms with Gasteiger partial charge in [-0.1, -0.05) is 13.8 Å². The minimum Gasteiger partial charge on any atom is -0.459 e. The normalized spacial score (nSPS) is 21.7. The molecule has 2 rings (SSSR count). The molecule has 0 bridgehead atoms. The van der Waals surface area contributed by atoms with Crippen LogP contribution in [0.2, 0.25) is 0 Å². The minimum atomic E-state index is -0.255. The highest BCUT2D eigenvalue weighted by molar-refractivity contribution is 5.89. The molecular weight excluding hydrogens is 250 g/mol. The van der Waals surface area contributed by atoms with Crippen LogP contribution in [-0.2, 0) is 4.74 Å². The molecule has 20 heavy (non-hydrogen) atoms. The molecule has 0 heterocycles. The molecular formula is C17H25NO2. The number of carbonyl (C=O) groups excluding carboxylic acids is 1. The second kappa shape index (κ2) is 6.29. The molecule has 1 aliphatic carbocycles. The van der Waals surface area contributed by atoms with Crippen LogP contribution in [0.3, 0.4) is 0 Å². The summed E-state index contributed by atoms with van der Waals surface area (Å²) in [4.78, 5) is 11.7. The fourth-order valence-electron chi connectivity index (χ4n) is 2.54. The van der Waals surface area contributed by atoms with E-state index in [2.05, 4.69) is 19.2 Å². The molecule has 3 nitrogen and oxygen atoms in total. The fraction of sp³-hybridized carbons (Fsp3) is 0.588. The van der Waals surface area contributed by atoms with Gasteiger partial charge in [-0.15, -0.1) is 0 Å². The van der Waals surface area contributed by atoms with Crippen LogP contribution in [0.4, 0.5) is 5.69 Å². The fourth-order valence-corrected chi connectivity index (χ4v) is 2.54. The molecule has 0 spiro atoms. The van der Waals surface area contributed by atoms with Gasteiger partial charge < -0.3 is 10.1 Å². The summed E-state index contributed by atoms with van der Waals surface area (Å²) < 4.78 is 5.17. The van der Waals surface area contributed by atoms with E-state index in [4.69, 9.17) is 4.74 Å². The average molecular weight is 275 g/mol. The monoisotopic (exact) mass is 275 g/mol. The van der Waals surface area contributed by atoms with Gasteiger partial charge >= 0.3 is 5.97 Å². The van der Waals surface area contributed by atoms with E-state index in [1.54, 1.807) is 0 Å². The molecule has 1 N–H and O–H groups in total. The first-order chi connectivity index (χ1) is 9.45. The van der Waals surface area contributed by atoms with Crippen LogP contribution in [-0.4, -0.2) is 18.1 Å². The maximum absolute atomic E-state index is 11.7. The highest BCUT2D eigenvalue weighted by Gasteiger charge is 2.30. The first kappa shape index (κ1) is 14.9. The standard InChI is InChI=1S/C17H25NO2/c1-11(2)14-9-16(10-14)18-15-7-5-13(6-8-15)17(19)20-12(3)4/h5-8,11-12,14,16,18H,9-10H2,1-4H3. The zero-order valence-corrected chi connectivity index (χ0v) is 12.8. The Morgan fingerprint density at radius 2 is 1.75 bits per heavy atom. The SMILES string of the molecule is CC(C)OC(=O)c1ccc(NC2CC(C(C)C)C2)cc1. The van der Waals surface area contributed by atoms with Crippen LogP contribution >= 0.6 is 0 Å². The van der Waals surface area contributed by atoms with E-state index in [9.17, 15) is 4.79 Å². The number of rotatable bonds is 5. The number of ether oxygens (including phenoxy) is 1. The predicted octanol–water partition coefficient (Wildman–Crippen LogP) is 4.10. The lowest BCUT2D eigenvalue weighted by atomic mass is 9.73. The number of esters is 1.